The predicted octanol–water partition coefficient (Wildman–Crippen LogP) is 4.92. The van der Waals surface area contributed by atoms with E-state index in [1.807, 2.05) is 6.92 Å². The minimum absolute atomic E-state index is 0.231. The summed E-state index contributed by atoms with van der Waals surface area (Å²) < 4.78 is 19.1. The van der Waals surface area contributed by atoms with Gasteiger partial charge in [0.05, 0.1) is 7.11 Å². The zero-order valence-corrected chi connectivity index (χ0v) is 14.8. The highest BCUT2D eigenvalue weighted by molar-refractivity contribution is 5.97. The van der Waals surface area contributed by atoms with E-state index < -0.39 is 11.8 Å². The first-order valence-corrected chi connectivity index (χ1v) is 8.08. The van der Waals surface area contributed by atoms with Gasteiger partial charge in [0.15, 0.2) is 0 Å². The maximum atomic E-state index is 13.8. The fourth-order valence-corrected chi connectivity index (χ4v) is 2.61. The maximum Gasteiger partial charge on any atom is 0.340 e. The van der Waals surface area contributed by atoms with Crippen molar-refractivity contribution in [3.8, 4) is 11.5 Å². The highest BCUT2D eigenvalue weighted by Gasteiger charge is 2.21. The fraction of sp³-hybridized carbons (Fsp3) is 0.190. The quantitative estimate of drug-likeness (QED) is 0.546. The van der Waals surface area contributed by atoms with Crippen LogP contribution >= 0.6 is 0 Å². The van der Waals surface area contributed by atoms with E-state index in [2.05, 4.69) is 6.58 Å². The molecule has 26 heavy (non-hydrogen) atoms. The molecule has 0 aromatic heterocycles. The molecule has 0 fully saturated rings. The molecule has 0 amide bonds. The van der Waals surface area contributed by atoms with E-state index in [1.165, 1.54) is 31.4 Å². The highest BCUT2D eigenvalue weighted by atomic mass is 19.1. The van der Waals surface area contributed by atoms with Gasteiger partial charge >= 0.3 is 5.97 Å². The Morgan fingerprint density at radius 1 is 1.27 bits per heavy atom. The van der Waals surface area contributed by atoms with Crippen molar-refractivity contribution in [2.75, 3.05) is 7.11 Å². The van der Waals surface area contributed by atoms with Crippen LogP contribution in [0.1, 0.15) is 40.4 Å². The topological polar surface area (TPSA) is 66.8 Å². The molecule has 0 heterocycles. The summed E-state index contributed by atoms with van der Waals surface area (Å²) in [5.74, 6) is -1.65. The van der Waals surface area contributed by atoms with Gasteiger partial charge in [-0.2, -0.15) is 0 Å². The lowest BCUT2D eigenvalue weighted by Crippen LogP contribution is -2.05. The number of carboxylic acids is 1. The van der Waals surface area contributed by atoms with Crippen LogP contribution in [0.5, 0.6) is 11.5 Å². The van der Waals surface area contributed by atoms with E-state index in [0.717, 1.165) is 5.57 Å². The van der Waals surface area contributed by atoms with Gasteiger partial charge < -0.3 is 14.9 Å². The number of carboxylic acid groups (broad SMARTS) is 1. The molecule has 0 unspecified atom stereocenters. The first kappa shape index (κ1) is 19.2. The second kappa shape index (κ2) is 8.34. The van der Waals surface area contributed by atoms with Crippen molar-refractivity contribution in [3.63, 3.8) is 0 Å². The van der Waals surface area contributed by atoms with Crippen LogP contribution < -0.4 is 4.74 Å². The maximum absolute atomic E-state index is 13.8. The second-order valence-corrected chi connectivity index (χ2v) is 5.99. The standard InChI is InChI=1S/C21H21FO4/c1-13(2)8-11-16-18(26-3)12-15(19(20(16)23)21(24)25)10-9-14-6-4-5-7-17(14)22/h4-7,9-10,12,23H,1,8,11H2,2-3H3,(H,24,25)/b10-9+. The molecule has 0 saturated carbocycles. The molecule has 0 aliphatic rings. The average Bonchev–Trinajstić information content (AvgIpc) is 2.59. The van der Waals surface area contributed by atoms with Crippen molar-refractivity contribution in [1.29, 1.82) is 0 Å². The van der Waals surface area contributed by atoms with Crippen molar-refractivity contribution in [1.82, 2.24) is 0 Å². The molecule has 0 aliphatic carbocycles. The van der Waals surface area contributed by atoms with Crippen molar-refractivity contribution >= 4 is 18.1 Å². The number of halogens is 1. The minimum Gasteiger partial charge on any atom is -0.507 e. The van der Waals surface area contributed by atoms with Gasteiger partial charge in [0.25, 0.3) is 0 Å². The van der Waals surface area contributed by atoms with Gasteiger partial charge in [-0.25, -0.2) is 9.18 Å². The molecule has 5 heteroatoms. The summed E-state index contributed by atoms with van der Waals surface area (Å²) in [6.07, 6.45) is 3.91. The Morgan fingerprint density at radius 2 is 1.92 bits per heavy atom. The number of allylic oxidation sites excluding steroid dienone is 1. The Morgan fingerprint density at radius 3 is 2.50 bits per heavy atom. The third kappa shape index (κ3) is 4.30. The Hall–Kier alpha value is -3.08. The van der Waals surface area contributed by atoms with E-state index in [9.17, 15) is 19.4 Å². The third-order valence-electron chi connectivity index (χ3n) is 3.98. The number of carbonyl (C=O) groups is 1. The monoisotopic (exact) mass is 356 g/mol. The SMILES string of the molecule is C=C(C)CCc1c(OC)cc(/C=C/c2ccccc2F)c(C(=O)O)c1O. The van der Waals surface area contributed by atoms with Gasteiger partial charge in [-0.3, -0.25) is 0 Å². The van der Waals surface area contributed by atoms with Gasteiger partial charge in [0, 0.05) is 11.1 Å². The summed E-state index contributed by atoms with van der Waals surface area (Å²) in [5.41, 5.74) is 1.63. The molecule has 2 rings (SSSR count). The van der Waals surface area contributed by atoms with Crippen LogP contribution in [0.25, 0.3) is 12.2 Å². The minimum atomic E-state index is -1.27. The van der Waals surface area contributed by atoms with E-state index in [0.29, 0.717) is 29.7 Å². The average molecular weight is 356 g/mol. The van der Waals surface area contributed by atoms with Crippen LogP contribution in [-0.2, 0) is 6.42 Å². The first-order chi connectivity index (χ1) is 12.3. The lowest BCUT2D eigenvalue weighted by atomic mass is 9.96. The first-order valence-electron chi connectivity index (χ1n) is 8.08. The summed E-state index contributed by atoms with van der Waals surface area (Å²) in [4.78, 5) is 11.7. The number of hydrogen-bond acceptors (Lipinski definition) is 3. The van der Waals surface area contributed by atoms with Crippen molar-refractivity contribution in [2.45, 2.75) is 19.8 Å². The normalized spacial score (nSPS) is 10.9. The van der Waals surface area contributed by atoms with E-state index in [4.69, 9.17) is 4.74 Å². The molecule has 2 N–H and O–H groups in total. The van der Waals surface area contributed by atoms with Crippen LogP contribution in [0.3, 0.4) is 0 Å². The molecule has 0 radical (unpaired) electrons. The number of aromatic hydroxyl groups is 1. The molecule has 0 aliphatic heterocycles. The molecule has 2 aromatic rings. The van der Waals surface area contributed by atoms with Crippen LogP contribution in [0.2, 0.25) is 0 Å². The van der Waals surface area contributed by atoms with Gasteiger partial charge in [-0.1, -0.05) is 35.9 Å². The molecular weight excluding hydrogens is 335 g/mol. The van der Waals surface area contributed by atoms with E-state index >= 15 is 0 Å². The Kier molecular flexibility index (Phi) is 6.17. The summed E-state index contributed by atoms with van der Waals surface area (Å²) >= 11 is 0. The van der Waals surface area contributed by atoms with Crippen LogP contribution in [0.15, 0.2) is 42.5 Å². The smallest absolute Gasteiger partial charge is 0.340 e. The molecule has 0 saturated heterocycles. The summed E-state index contributed by atoms with van der Waals surface area (Å²) in [6, 6.07) is 7.68. The molecule has 136 valence electrons. The largest absolute Gasteiger partial charge is 0.507 e. The zero-order valence-electron chi connectivity index (χ0n) is 14.8. The summed E-state index contributed by atoms with van der Waals surface area (Å²) in [5, 5.41) is 20.1. The number of rotatable bonds is 7. The number of aromatic carboxylic acids is 1. The molecule has 0 spiro atoms. The number of ether oxygens (including phenoxy) is 1. The van der Waals surface area contributed by atoms with Crippen molar-refractivity contribution in [2.24, 2.45) is 0 Å². The number of methoxy groups -OCH3 is 1. The number of phenols is 1. The lowest BCUT2D eigenvalue weighted by Gasteiger charge is -2.15. The lowest BCUT2D eigenvalue weighted by molar-refractivity contribution is 0.0693. The Balaban J connectivity index is 2.55. The van der Waals surface area contributed by atoms with Gasteiger partial charge in [0.2, 0.25) is 0 Å². The number of hydrogen-bond donors (Lipinski definition) is 2. The Bertz CT molecular complexity index is 869. The highest BCUT2D eigenvalue weighted by Crippen LogP contribution is 2.36. The van der Waals surface area contributed by atoms with Gasteiger partial charge in [-0.15, -0.1) is 6.58 Å². The zero-order chi connectivity index (χ0) is 19.3. The van der Waals surface area contributed by atoms with E-state index in [1.54, 1.807) is 18.2 Å². The van der Waals surface area contributed by atoms with E-state index in [-0.39, 0.29) is 16.9 Å². The Labute approximate surface area is 151 Å². The van der Waals surface area contributed by atoms with Gasteiger partial charge in [0.1, 0.15) is 22.9 Å². The van der Waals surface area contributed by atoms with Crippen molar-refractivity contribution in [3.05, 3.63) is 70.6 Å². The molecular formula is C21H21FO4. The summed E-state index contributed by atoms with van der Waals surface area (Å²) in [6.45, 7) is 5.67. The summed E-state index contributed by atoms with van der Waals surface area (Å²) in [7, 11) is 1.45. The van der Waals surface area contributed by atoms with Gasteiger partial charge in [-0.05, 0) is 37.5 Å². The van der Waals surface area contributed by atoms with Crippen LogP contribution in [-0.4, -0.2) is 23.3 Å². The van der Waals surface area contributed by atoms with Crippen LogP contribution in [0, 0.1) is 5.82 Å². The molecule has 2 aromatic carbocycles. The second-order valence-electron chi connectivity index (χ2n) is 5.99. The third-order valence-corrected chi connectivity index (χ3v) is 3.98. The molecule has 0 bridgehead atoms. The molecule has 4 nitrogen and oxygen atoms in total. The predicted molar refractivity (Wildman–Crippen MR) is 100 cm³/mol. The van der Waals surface area contributed by atoms with Crippen molar-refractivity contribution < 1.29 is 24.1 Å². The van der Waals surface area contributed by atoms with Crippen LogP contribution in [0.4, 0.5) is 4.39 Å². The molecule has 0 atom stereocenters. The number of benzene rings is 2. The fourth-order valence-electron chi connectivity index (χ4n) is 2.61.